The lowest BCUT2D eigenvalue weighted by atomic mass is 9.84. The number of carboxylic acids is 1. The largest absolute Gasteiger partial charge is 0.481 e. The Morgan fingerprint density at radius 3 is 2.90 bits per heavy atom. The number of carbonyl (C=O) groups is 1. The molecule has 2 N–H and O–H groups in total. The van der Waals surface area contributed by atoms with E-state index >= 15 is 0 Å². The van der Waals surface area contributed by atoms with E-state index in [-0.39, 0.29) is 12.0 Å². The lowest BCUT2D eigenvalue weighted by Gasteiger charge is -2.28. The van der Waals surface area contributed by atoms with E-state index in [2.05, 4.69) is 15.3 Å². The number of carboxylic acid groups (broad SMARTS) is 1. The van der Waals surface area contributed by atoms with Crippen LogP contribution >= 0.6 is 0 Å². The molecule has 4 unspecified atom stereocenters. The molecule has 4 atom stereocenters. The van der Waals surface area contributed by atoms with Gasteiger partial charge in [0.05, 0.1) is 12.5 Å². The fraction of sp³-hybridized carbons (Fsp3) is 0.667. The summed E-state index contributed by atoms with van der Waals surface area (Å²) in [6.45, 7) is 4.33. The van der Waals surface area contributed by atoms with Crippen molar-refractivity contribution in [2.24, 2.45) is 17.8 Å². The van der Waals surface area contributed by atoms with Gasteiger partial charge in [-0.25, -0.2) is 4.98 Å². The number of fused-ring (bicyclic) bond motifs is 2. The van der Waals surface area contributed by atoms with Crippen molar-refractivity contribution in [1.29, 1.82) is 0 Å². The molecule has 0 radical (unpaired) electrons. The van der Waals surface area contributed by atoms with Gasteiger partial charge >= 0.3 is 5.97 Å². The Balaban J connectivity index is 1.81. The first kappa shape index (κ1) is 14.1. The van der Waals surface area contributed by atoms with E-state index in [9.17, 15) is 9.90 Å². The summed E-state index contributed by atoms with van der Waals surface area (Å²) in [7, 11) is 0. The van der Waals surface area contributed by atoms with Gasteiger partial charge in [0.25, 0.3) is 0 Å². The van der Waals surface area contributed by atoms with Crippen molar-refractivity contribution in [3.63, 3.8) is 0 Å². The predicted octanol–water partition coefficient (Wildman–Crippen LogP) is 2.09. The maximum absolute atomic E-state index is 11.5. The monoisotopic (exact) mass is 291 g/mol. The average molecular weight is 291 g/mol. The molecule has 6 heteroatoms. The van der Waals surface area contributed by atoms with Gasteiger partial charge in [-0.15, -0.1) is 0 Å². The third kappa shape index (κ3) is 2.66. The Bertz CT molecular complexity index is 549. The third-order valence-corrected chi connectivity index (χ3v) is 4.62. The van der Waals surface area contributed by atoms with Crippen molar-refractivity contribution in [2.45, 2.75) is 39.2 Å². The SMILES string of the molecule is CCOc1cc(C)nc(NC2C3CCC(C3)C2C(=O)O)n1. The lowest BCUT2D eigenvalue weighted by molar-refractivity contribution is -0.143. The number of hydrogen-bond donors (Lipinski definition) is 2. The topological polar surface area (TPSA) is 84.3 Å². The molecule has 0 aliphatic heterocycles. The maximum Gasteiger partial charge on any atom is 0.308 e. The van der Waals surface area contributed by atoms with Gasteiger partial charge < -0.3 is 15.2 Å². The highest BCUT2D eigenvalue weighted by Crippen LogP contribution is 2.49. The smallest absolute Gasteiger partial charge is 0.308 e. The fourth-order valence-corrected chi connectivity index (χ4v) is 3.83. The van der Waals surface area contributed by atoms with Crippen LogP contribution in [-0.4, -0.2) is 33.7 Å². The van der Waals surface area contributed by atoms with Crippen LogP contribution in [0.15, 0.2) is 6.07 Å². The lowest BCUT2D eigenvalue weighted by Crippen LogP contribution is -2.39. The molecule has 6 nitrogen and oxygen atoms in total. The summed E-state index contributed by atoms with van der Waals surface area (Å²) in [5.74, 6) is 0.669. The Labute approximate surface area is 123 Å². The van der Waals surface area contributed by atoms with Crippen LogP contribution in [0, 0.1) is 24.7 Å². The van der Waals surface area contributed by atoms with E-state index in [1.54, 1.807) is 6.07 Å². The summed E-state index contributed by atoms with van der Waals surface area (Å²) < 4.78 is 5.42. The normalized spacial score (nSPS) is 30.4. The van der Waals surface area contributed by atoms with Gasteiger partial charge in [0.1, 0.15) is 0 Å². The van der Waals surface area contributed by atoms with Gasteiger partial charge in [-0.2, -0.15) is 4.98 Å². The van der Waals surface area contributed by atoms with E-state index in [0.29, 0.717) is 30.3 Å². The number of aromatic nitrogens is 2. The van der Waals surface area contributed by atoms with E-state index in [1.165, 1.54) is 0 Å². The van der Waals surface area contributed by atoms with Crippen molar-refractivity contribution >= 4 is 11.9 Å². The maximum atomic E-state index is 11.5. The molecule has 2 bridgehead atoms. The highest BCUT2D eigenvalue weighted by Gasteiger charge is 2.51. The van der Waals surface area contributed by atoms with Crippen LogP contribution < -0.4 is 10.1 Å². The zero-order valence-electron chi connectivity index (χ0n) is 12.4. The third-order valence-electron chi connectivity index (χ3n) is 4.62. The summed E-state index contributed by atoms with van der Waals surface area (Å²) in [4.78, 5) is 20.2. The predicted molar refractivity (Wildman–Crippen MR) is 77.3 cm³/mol. The first-order chi connectivity index (χ1) is 10.1. The van der Waals surface area contributed by atoms with E-state index in [1.807, 2.05) is 13.8 Å². The Kier molecular flexibility index (Phi) is 3.69. The van der Waals surface area contributed by atoms with Crippen molar-refractivity contribution in [3.8, 4) is 5.88 Å². The first-order valence-electron chi connectivity index (χ1n) is 7.56. The number of ether oxygens (including phenoxy) is 1. The van der Waals surface area contributed by atoms with Gasteiger partial charge in [-0.1, -0.05) is 0 Å². The van der Waals surface area contributed by atoms with Gasteiger partial charge in [0.15, 0.2) is 0 Å². The summed E-state index contributed by atoms with van der Waals surface area (Å²) in [5, 5.41) is 12.7. The number of hydrogen-bond acceptors (Lipinski definition) is 5. The molecule has 0 aromatic carbocycles. The van der Waals surface area contributed by atoms with Crippen LogP contribution in [-0.2, 0) is 4.79 Å². The van der Waals surface area contributed by atoms with Crippen molar-refractivity contribution in [2.75, 3.05) is 11.9 Å². The average Bonchev–Trinajstić information content (AvgIpc) is 2.98. The molecule has 1 aromatic heterocycles. The van der Waals surface area contributed by atoms with Gasteiger partial charge in [0, 0.05) is 17.8 Å². The van der Waals surface area contributed by atoms with Crippen molar-refractivity contribution in [3.05, 3.63) is 11.8 Å². The van der Waals surface area contributed by atoms with Crippen LogP contribution in [0.2, 0.25) is 0 Å². The van der Waals surface area contributed by atoms with E-state index in [0.717, 1.165) is 25.0 Å². The second kappa shape index (κ2) is 5.50. The van der Waals surface area contributed by atoms with E-state index < -0.39 is 5.97 Å². The second-order valence-corrected chi connectivity index (χ2v) is 5.97. The van der Waals surface area contributed by atoms with Gasteiger partial charge in [0.2, 0.25) is 11.8 Å². The zero-order chi connectivity index (χ0) is 15.0. The molecule has 3 rings (SSSR count). The van der Waals surface area contributed by atoms with Crippen LogP contribution in [0.25, 0.3) is 0 Å². The molecule has 2 fully saturated rings. The molecule has 2 aliphatic rings. The molecular formula is C15H21N3O3. The quantitative estimate of drug-likeness (QED) is 0.864. The van der Waals surface area contributed by atoms with Gasteiger partial charge in [-0.3, -0.25) is 4.79 Å². The molecule has 1 heterocycles. The number of aryl methyl sites for hydroxylation is 1. The zero-order valence-corrected chi connectivity index (χ0v) is 12.4. The standard InChI is InChI=1S/C15H21N3O3/c1-3-21-11-6-8(2)16-15(17-11)18-13-10-5-4-9(7-10)12(13)14(19)20/h6,9-10,12-13H,3-5,7H2,1-2H3,(H,19,20)(H,16,17,18). The van der Waals surface area contributed by atoms with Crippen molar-refractivity contribution in [1.82, 2.24) is 9.97 Å². The molecule has 2 aliphatic carbocycles. The molecule has 0 amide bonds. The summed E-state index contributed by atoms with van der Waals surface area (Å²) in [6.07, 6.45) is 3.12. The van der Waals surface area contributed by atoms with E-state index in [4.69, 9.17) is 4.74 Å². The highest BCUT2D eigenvalue weighted by molar-refractivity contribution is 5.73. The van der Waals surface area contributed by atoms with Crippen LogP contribution in [0.4, 0.5) is 5.95 Å². The molecule has 0 spiro atoms. The molecule has 2 saturated carbocycles. The minimum absolute atomic E-state index is 0.0717. The Hall–Kier alpha value is -1.85. The molecule has 114 valence electrons. The minimum Gasteiger partial charge on any atom is -0.481 e. The summed E-state index contributed by atoms with van der Waals surface area (Å²) in [5.41, 5.74) is 0.811. The van der Waals surface area contributed by atoms with Crippen LogP contribution in [0.1, 0.15) is 31.9 Å². The number of anilines is 1. The summed E-state index contributed by atoms with van der Waals surface area (Å²) >= 11 is 0. The number of aliphatic carboxylic acids is 1. The molecule has 0 saturated heterocycles. The first-order valence-corrected chi connectivity index (χ1v) is 7.56. The number of nitrogens with one attached hydrogen (secondary N) is 1. The molecular weight excluding hydrogens is 270 g/mol. The number of nitrogens with zero attached hydrogens (tertiary/aromatic N) is 2. The van der Waals surface area contributed by atoms with Crippen LogP contribution in [0.3, 0.4) is 0 Å². The van der Waals surface area contributed by atoms with Crippen LogP contribution in [0.5, 0.6) is 5.88 Å². The summed E-state index contributed by atoms with van der Waals surface area (Å²) in [6, 6.07) is 1.71. The molecule has 21 heavy (non-hydrogen) atoms. The number of rotatable bonds is 5. The molecule has 1 aromatic rings. The Morgan fingerprint density at radius 1 is 1.43 bits per heavy atom. The minimum atomic E-state index is -0.711. The van der Waals surface area contributed by atoms with Crippen molar-refractivity contribution < 1.29 is 14.6 Å². The highest BCUT2D eigenvalue weighted by atomic mass is 16.5. The second-order valence-electron chi connectivity index (χ2n) is 5.97. The Morgan fingerprint density at radius 2 is 2.19 bits per heavy atom. The fourth-order valence-electron chi connectivity index (χ4n) is 3.83. The van der Waals surface area contributed by atoms with Gasteiger partial charge in [-0.05, 0) is 44.9 Å².